The lowest BCUT2D eigenvalue weighted by Crippen LogP contribution is -2.46. The van der Waals surface area contributed by atoms with Crippen molar-refractivity contribution in [3.05, 3.63) is 35.2 Å². The van der Waals surface area contributed by atoms with Crippen LogP contribution in [0.15, 0.2) is 28.8 Å². The van der Waals surface area contributed by atoms with Crippen molar-refractivity contribution >= 4 is 29.1 Å². The summed E-state index contributed by atoms with van der Waals surface area (Å²) < 4.78 is 5.47. The molecule has 1 atom stereocenters. The molecule has 2 aromatic rings. The van der Waals surface area contributed by atoms with Crippen molar-refractivity contribution in [2.75, 3.05) is 19.0 Å². The fourth-order valence-electron chi connectivity index (χ4n) is 2.99. The maximum absolute atomic E-state index is 12.7. The minimum atomic E-state index is -0.565. The highest BCUT2D eigenvalue weighted by Gasteiger charge is 2.35. The molecule has 0 bridgehead atoms. The molecule has 0 saturated carbocycles. The molecule has 0 aliphatic carbocycles. The maximum atomic E-state index is 12.7. The molecule has 3 rings (SSSR count). The number of halogens is 2. The zero-order valence-electron chi connectivity index (χ0n) is 14.3. The Morgan fingerprint density at radius 1 is 1.44 bits per heavy atom. The number of hydrogen-bond donors (Lipinski definition) is 0. The first-order valence-corrected chi connectivity index (χ1v) is 9.27. The van der Waals surface area contributed by atoms with E-state index in [1.54, 1.807) is 12.1 Å². The highest BCUT2D eigenvalue weighted by Crippen LogP contribution is 2.31. The number of hydrogen-bond acceptors (Lipinski definition) is 4. The molecular weight excluding hydrogens is 361 g/mol. The van der Waals surface area contributed by atoms with E-state index in [2.05, 4.69) is 10.1 Å². The van der Waals surface area contributed by atoms with Crippen LogP contribution in [-0.4, -0.2) is 39.9 Å². The summed E-state index contributed by atoms with van der Waals surface area (Å²) in [5, 5.41) is 4.69. The van der Waals surface area contributed by atoms with Crippen molar-refractivity contribution in [1.29, 1.82) is 0 Å². The van der Waals surface area contributed by atoms with Gasteiger partial charge in [-0.1, -0.05) is 28.9 Å². The molecule has 1 saturated heterocycles. The van der Waals surface area contributed by atoms with E-state index in [-0.39, 0.29) is 11.8 Å². The third-order valence-electron chi connectivity index (χ3n) is 4.50. The van der Waals surface area contributed by atoms with E-state index in [0.29, 0.717) is 29.2 Å². The van der Waals surface area contributed by atoms with Crippen LogP contribution in [0.1, 0.15) is 38.5 Å². The lowest BCUT2D eigenvalue weighted by atomic mass is 9.91. The molecule has 5 nitrogen and oxygen atoms in total. The monoisotopic (exact) mass is 381 g/mol. The largest absolute Gasteiger partial charge is 0.341 e. The fourth-order valence-corrected chi connectivity index (χ4v) is 3.30. The van der Waals surface area contributed by atoms with Gasteiger partial charge >= 0.3 is 0 Å². The van der Waals surface area contributed by atoms with Gasteiger partial charge in [0.2, 0.25) is 17.6 Å². The smallest absolute Gasteiger partial charge is 0.231 e. The number of likely N-dealkylation sites (tertiary alicyclic amines) is 1. The zero-order chi connectivity index (χ0) is 18.0. The number of amides is 1. The molecule has 0 spiro atoms. The van der Waals surface area contributed by atoms with Crippen molar-refractivity contribution < 1.29 is 9.32 Å². The van der Waals surface area contributed by atoms with Crippen LogP contribution in [0.4, 0.5) is 0 Å². The van der Waals surface area contributed by atoms with E-state index >= 15 is 0 Å². The Morgan fingerprint density at radius 2 is 2.24 bits per heavy atom. The molecule has 0 N–H and O–H groups in total. The number of alkyl halides is 1. The van der Waals surface area contributed by atoms with Crippen molar-refractivity contribution in [2.45, 2.75) is 32.6 Å². The molecule has 1 aromatic carbocycles. The quantitative estimate of drug-likeness (QED) is 0.738. The van der Waals surface area contributed by atoms with Gasteiger partial charge in [0.15, 0.2) is 0 Å². The molecule has 2 heterocycles. The first-order valence-electron chi connectivity index (χ1n) is 8.35. The Labute approximate surface area is 157 Å². The molecule has 0 radical (unpaired) electrons. The summed E-state index contributed by atoms with van der Waals surface area (Å²) in [7, 11) is 0. The van der Waals surface area contributed by atoms with Gasteiger partial charge in [0.05, 0.1) is 11.3 Å². The van der Waals surface area contributed by atoms with Crippen LogP contribution in [0, 0.1) is 5.41 Å². The second-order valence-corrected chi connectivity index (χ2v) is 7.78. The number of carbonyl (C=O) groups excluding carboxylic acids is 1. The van der Waals surface area contributed by atoms with Gasteiger partial charge in [-0.25, -0.2) is 0 Å². The molecule has 134 valence electrons. The highest BCUT2D eigenvalue weighted by molar-refractivity contribution is 6.30. The topological polar surface area (TPSA) is 59.2 Å². The van der Waals surface area contributed by atoms with Gasteiger partial charge in [-0.2, -0.15) is 4.98 Å². The Bertz CT molecular complexity index is 760. The van der Waals surface area contributed by atoms with Gasteiger partial charge in [0.25, 0.3) is 0 Å². The fraction of sp³-hybridized carbons (Fsp3) is 0.500. The summed E-state index contributed by atoms with van der Waals surface area (Å²) in [5.41, 5.74) is 0.249. The third-order valence-corrected chi connectivity index (χ3v) is 5.40. The number of rotatable bonds is 4. The van der Waals surface area contributed by atoms with Crippen LogP contribution in [0.25, 0.3) is 11.4 Å². The number of aromatic nitrogens is 2. The average molecular weight is 382 g/mol. The van der Waals surface area contributed by atoms with Crippen LogP contribution in [-0.2, 0) is 4.79 Å². The van der Waals surface area contributed by atoms with Crippen molar-refractivity contribution in [1.82, 2.24) is 15.0 Å². The molecular formula is C18H21Cl2N3O2. The second-order valence-electron chi connectivity index (χ2n) is 7.07. The third kappa shape index (κ3) is 3.98. The van der Waals surface area contributed by atoms with Crippen molar-refractivity contribution in [3.63, 3.8) is 0 Å². The Balaban J connectivity index is 1.75. The summed E-state index contributed by atoms with van der Waals surface area (Å²) in [6, 6.07) is 7.34. The van der Waals surface area contributed by atoms with Crippen molar-refractivity contribution in [3.8, 4) is 11.4 Å². The van der Waals surface area contributed by atoms with Gasteiger partial charge < -0.3 is 9.42 Å². The van der Waals surface area contributed by atoms with E-state index in [0.717, 1.165) is 24.9 Å². The van der Waals surface area contributed by atoms with E-state index in [1.165, 1.54) is 0 Å². The molecule has 1 fully saturated rings. The predicted molar refractivity (Wildman–Crippen MR) is 97.8 cm³/mol. The summed E-state index contributed by atoms with van der Waals surface area (Å²) in [6.07, 6.45) is 1.83. The molecule has 1 aliphatic heterocycles. The Morgan fingerprint density at radius 3 is 2.96 bits per heavy atom. The summed E-state index contributed by atoms with van der Waals surface area (Å²) in [5.74, 6) is 1.50. The zero-order valence-corrected chi connectivity index (χ0v) is 15.8. The molecule has 7 heteroatoms. The first-order chi connectivity index (χ1) is 11.9. The summed E-state index contributed by atoms with van der Waals surface area (Å²) >= 11 is 12.0. The predicted octanol–water partition coefficient (Wildman–Crippen LogP) is 4.36. The number of piperidine rings is 1. The van der Waals surface area contributed by atoms with Crippen molar-refractivity contribution in [2.24, 2.45) is 5.41 Å². The number of benzene rings is 1. The van der Waals surface area contributed by atoms with E-state index in [9.17, 15) is 4.79 Å². The van der Waals surface area contributed by atoms with E-state index < -0.39 is 5.41 Å². The van der Waals surface area contributed by atoms with Crippen LogP contribution in [0.5, 0.6) is 0 Å². The SMILES string of the molecule is CC(C)(CCl)C(=O)N1CCCC(c2nc(-c3cccc(Cl)c3)no2)C1. The highest BCUT2D eigenvalue weighted by atomic mass is 35.5. The first kappa shape index (κ1) is 18.2. The molecule has 1 unspecified atom stereocenters. The van der Waals surface area contributed by atoms with Crippen LogP contribution in [0.3, 0.4) is 0 Å². The van der Waals surface area contributed by atoms with Gasteiger partial charge in [-0.05, 0) is 38.8 Å². The molecule has 1 amide bonds. The van der Waals surface area contributed by atoms with Crippen LogP contribution >= 0.6 is 23.2 Å². The van der Waals surface area contributed by atoms with Gasteiger partial charge in [0, 0.05) is 29.6 Å². The molecule has 1 aromatic heterocycles. The lowest BCUT2D eigenvalue weighted by Gasteiger charge is -2.35. The van der Waals surface area contributed by atoms with Crippen LogP contribution < -0.4 is 0 Å². The van der Waals surface area contributed by atoms with Crippen LogP contribution in [0.2, 0.25) is 5.02 Å². The summed E-state index contributed by atoms with van der Waals surface area (Å²) in [4.78, 5) is 19.0. The molecule has 1 aliphatic rings. The number of nitrogens with zero attached hydrogens (tertiary/aromatic N) is 3. The average Bonchev–Trinajstić information content (AvgIpc) is 3.11. The van der Waals surface area contributed by atoms with Gasteiger partial charge in [-0.3, -0.25) is 4.79 Å². The minimum Gasteiger partial charge on any atom is -0.341 e. The normalized spacial score (nSPS) is 18.4. The Kier molecular flexibility index (Phi) is 5.35. The molecule has 25 heavy (non-hydrogen) atoms. The van der Waals surface area contributed by atoms with Gasteiger partial charge in [0.1, 0.15) is 0 Å². The lowest BCUT2D eigenvalue weighted by molar-refractivity contribution is -0.140. The van der Waals surface area contributed by atoms with E-state index in [4.69, 9.17) is 27.7 Å². The number of carbonyl (C=O) groups is 1. The Hall–Kier alpha value is -1.59. The van der Waals surface area contributed by atoms with E-state index in [1.807, 2.05) is 30.9 Å². The maximum Gasteiger partial charge on any atom is 0.231 e. The van der Waals surface area contributed by atoms with Gasteiger partial charge in [-0.15, -0.1) is 11.6 Å². The standard InChI is InChI=1S/C18H21Cl2N3O2/c1-18(2,11-19)17(24)23-8-4-6-13(10-23)16-21-15(22-25-16)12-5-3-7-14(20)9-12/h3,5,7,9,13H,4,6,8,10-11H2,1-2H3. The minimum absolute atomic E-state index is 0.0456. The second kappa shape index (κ2) is 7.34. The summed E-state index contributed by atoms with van der Waals surface area (Å²) in [6.45, 7) is 5.06.